The van der Waals surface area contributed by atoms with Crippen molar-refractivity contribution in [2.75, 3.05) is 0 Å². The Morgan fingerprint density at radius 1 is 1.00 bits per heavy atom. The van der Waals surface area contributed by atoms with Gasteiger partial charge in [-0.15, -0.1) is 0 Å². The average molecular weight is 214 g/mol. The highest BCUT2D eigenvalue weighted by atomic mass is 16.4. The monoisotopic (exact) mass is 214 g/mol. The van der Waals surface area contributed by atoms with Gasteiger partial charge < -0.3 is 10.2 Å². The van der Waals surface area contributed by atoms with Gasteiger partial charge in [0, 0.05) is 6.42 Å². The molecule has 0 atom stereocenters. The maximum absolute atomic E-state index is 10.2. The Kier molecular flexibility index (Phi) is 8.93. The second-order valence-corrected chi connectivity index (χ2v) is 3.85. The fourth-order valence-corrected chi connectivity index (χ4v) is 1.48. The second kappa shape index (κ2) is 9.56. The van der Waals surface area contributed by atoms with Crippen LogP contribution >= 0.6 is 0 Å². The van der Waals surface area contributed by atoms with Gasteiger partial charge in [-0.1, -0.05) is 45.4 Å². The Bertz CT molecular complexity index is 197. The molecule has 0 aromatic rings. The number of carboxylic acids is 1. The molecule has 0 fully saturated rings. The highest BCUT2D eigenvalue weighted by Gasteiger charge is 1.97. The van der Waals surface area contributed by atoms with Gasteiger partial charge in [0.1, 0.15) is 0 Å². The molecule has 0 bridgehead atoms. The smallest absolute Gasteiger partial charge is 0.331 e. The van der Waals surface area contributed by atoms with Crippen molar-refractivity contribution in [2.45, 2.75) is 58.3 Å². The van der Waals surface area contributed by atoms with Gasteiger partial charge in [-0.05, 0) is 6.42 Å². The molecule has 15 heavy (non-hydrogen) atoms. The Hall–Kier alpha value is -0.990. The molecular formula is C12H22O3. The van der Waals surface area contributed by atoms with E-state index in [1.807, 2.05) is 0 Å². The van der Waals surface area contributed by atoms with Crippen LogP contribution in [-0.4, -0.2) is 16.2 Å². The van der Waals surface area contributed by atoms with Crippen LogP contribution in [0.25, 0.3) is 0 Å². The molecule has 0 aliphatic heterocycles. The predicted octanol–water partition coefficient (Wildman–Crippen LogP) is 3.65. The third kappa shape index (κ3) is 10.9. The van der Waals surface area contributed by atoms with Crippen LogP contribution in [0, 0.1) is 0 Å². The van der Waals surface area contributed by atoms with Crippen molar-refractivity contribution in [3.05, 3.63) is 11.8 Å². The maximum Gasteiger partial charge on any atom is 0.331 e. The summed E-state index contributed by atoms with van der Waals surface area (Å²) >= 11 is 0. The summed E-state index contributed by atoms with van der Waals surface area (Å²) in [7, 11) is 0. The molecule has 3 heteroatoms. The highest BCUT2D eigenvalue weighted by molar-refractivity contribution is 5.80. The Balaban J connectivity index is 3.27. The molecule has 0 saturated carbocycles. The average Bonchev–Trinajstić information content (AvgIpc) is 2.15. The first kappa shape index (κ1) is 14.0. The van der Waals surface area contributed by atoms with Crippen molar-refractivity contribution in [3.8, 4) is 0 Å². The molecule has 3 nitrogen and oxygen atoms in total. The first-order valence-corrected chi connectivity index (χ1v) is 5.79. The van der Waals surface area contributed by atoms with Crippen LogP contribution in [0.1, 0.15) is 58.3 Å². The number of aliphatic hydroxyl groups is 1. The lowest BCUT2D eigenvalue weighted by Gasteiger charge is -2.00. The molecule has 0 aromatic carbocycles. The maximum atomic E-state index is 10.2. The van der Waals surface area contributed by atoms with Crippen LogP contribution in [0.15, 0.2) is 11.8 Å². The molecule has 0 amide bonds. The van der Waals surface area contributed by atoms with E-state index in [0.29, 0.717) is 6.42 Å². The fraction of sp³-hybridized carbons (Fsp3) is 0.750. The summed E-state index contributed by atoms with van der Waals surface area (Å²) in [5.41, 5.74) is 0. The zero-order chi connectivity index (χ0) is 11.5. The van der Waals surface area contributed by atoms with Crippen molar-refractivity contribution in [2.24, 2.45) is 0 Å². The van der Waals surface area contributed by atoms with Gasteiger partial charge in [0.05, 0.1) is 11.8 Å². The van der Waals surface area contributed by atoms with Crippen LogP contribution in [0.5, 0.6) is 0 Å². The number of unbranched alkanes of at least 4 members (excludes halogenated alkanes) is 6. The Morgan fingerprint density at radius 3 is 2.07 bits per heavy atom. The van der Waals surface area contributed by atoms with Crippen LogP contribution in [-0.2, 0) is 4.79 Å². The normalized spacial score (nSPS) is 11.7. The third-order valence-electron chi connectivity index (χ3n) is 2.33. The van der Waals surface area contributed by atoms with Crippen LogP contribution in [0.2, 0.25) is 0 Å². The van der Waals surface area contributed by atoms with Gasteiger partial charge in [-0.2, -0.15) is 0 Å². The summed E-state index contributed by atoms with van der Waals surface area (Å²) in [6.45, 7) is 2.19. The number of aliphatic carboxylic acids is 1. The minimum absolute atomic E-state index is 0.0175. The lowest BCUT2D eigenvalue weighted by atomic mass is 10.1. The number of carboxylic acid groups (broad SMARTS) is 1. The molecule has 0 radical (unpaired) electrons. The number of hydrogen-bond donors (Lipinski definition) is 2. The van der Waals surface area contributed by atoms with E-state index in [2.05, 4.69) is 6.92 Å². The second-order valence-electron chi connectivity index (χ2n) is 3.85. The summed E-state index contributed by atoms with van der Waals surface area (Å²) in [6, 6.07) is 0. The SMILES string of the molecule is CCCCCCCCCC(O)=CC(=O)O. The van der Waals surface area contributed by atoms with E-state index in [4.69, 9.17) is 10.2 Å². The standard InChI is InChI=1S/C12H22O3/c1-2-3-4-5-6-7-8-9-11(13)10-12(14)15/h10,13H,2-9H2,1H3,(H,14,15). The van der Waals surface area contributed by atoms with E-state index in [1.54, 1.807) is 0 Å². The number of allylic oxidation sites excluding steroid dienone is 1. The van der Waals surface area contributed by atoms with Gasteiger partial charge in [-0.3, -0.25) is 0 Å². The molecule has 0 aliphatic rings. The summed E-state index contributed by atoms with van der Waals surface area (Å²) < 4.78 is 0. The van der Waals surface area contributed by atoms with E-state index >= 15 is 0 Å². The van der Waals surface area contributed by atoms with E-state index < -0.39 is 5.97 Å². The van der Waals surface area contributed by atoms with E-state index in [9.17, 15) is 4.79 Å². The predicted molar refractivity (Wildman–Crippen MR) is 61.0 cm³/mol. The van der Waals surface area contributed by atoms with Gasteiger partial charge in [-0.25, -0.2) is 4.79 Å². The largest absolute Gasteiger partial charge is 0.512 e. The lowest BCUT2D eigenvalue weighted by molar-refractivity contribution is -0.131. The van der Waals surface area contributed by atoms with Crippen LogP contribution in [0.3, 0.4) is 0 Å². The zero-order valence-corrected chi connectivity index (χ0v) is 9.54. The summed E-state index contributed by atoms with van der Waals surface area (Å²) in [5, 5.41) is 17.5. The first-order valence-electron chi connectivity index (χ1n) is 5.79. The molecule has 2 N–H and O–H groups in total. The molecular weight excluding hydrogens is 192 g/mol. The summed E-state index contributed by atoms with van der Waals surface area (Å²) in [5.74, 6) is -1.09. The molecule has 0 spiro atoms. The summed E-state index contributed by atoms with van der Waals surface area (Å²) in [4.78, 5) is 10.2. The van der Waals surface area contributed by atoms with Crippen LogP contribution < -0.4 is 0 Å². The van der Waals surface area contributed by atoms with Crippen molar-refractivity contribution < 1.29 is 15.0 Å². The van der Waals surface area contributed by atoms with Gasteiger partial charge >= 0.3 is 5.97 Å². The van der Waals surface area contributed by atoms with E-state index in [-0.39, 0.29) is 5.76 Å². The third-order valence-corrected chi connectivity index (χ3v) is 2.33. The Morgan fingerprint density at radius 2 is 1.53 bits per heavy atom. The molecule has 0 aliphatic carbocycles. The quantitative estimate of drug-likeness (QED) is 0.350. The lowest BCUT2D eigenvalue weighted by Crippen LogP contribution is -1.92. The fourth-order valence-electron chi connectivity index (χ4n) is 1.48. The minimum Gasteiger partial charge on any atom is -0.512 e. The van der Waals surface area contributed by atoms with Gasteiger partial charge in [0.25, 0.3) is 0 Å². The van der Waals surface area contributed by atoms with E-state index in [0.717, 1.165) is 18.9 Å². The molecule has 0 rings (SSSR count). The topological polar surface area (TPSA) is 57.5 Å². The molecule has 0 unspecified atom stereocenters. The first-order chi connectivity index (χ1) is 7.16. The zero-order valence-electron chi connectivity index (χ0n) is 9.54. The van der Waals surface area contributed by atoms with Crippen molar-refractivity contribution in [1.29, 1.82) is 0 Å². The van der Waals surface area contributed by atoms with Crippen molar-refractivity contribution >= 4 is 5.97 Å². The Labute approximate surface area is 91.8 Å². The van der Waals surface area contributed by atoms with Crippen molar-refractivity contribution in [1.82, 2.24) is 0 Å². The van der Waals surface area contributed by atoms with Gasteiger partial charge in [0.15, 0.2) is 0 Å². The molecule has 0 saturated heterocycles. The molecule has 88 valence electrons. The number of aliphatic hydroxyl groups excluding tert-OH is 1. The van der Waals surface area contributed by atoms with Crippen LogP contribution in [0.4, 0.5) is 0 Å². The molecule has 0 aromatic heterocycles. The van der Waals surface area contributed by atoms with Gasteiger partial charge in [0.2, 0.25) is 0 Å². The number of hydrogen-bond acceptors (Lipinski definition) is 2. The summed E-state index contributed by atoms with van der Waals surface area (Å²) in [6.07, 6.45) is 9.57. The number of rotatable bonds is 9. The highest BCUT2D eigenvalue weighted by Crippen LogP contribution is 2.10. The molecule has 0 heterocycles. The minimum atomic E-state index is -1.07. The van der Waals surface area contributed by atoms with E-state index in [1.165, 1.54) is 32.1 Å². The number of carbonyl (C=O) groups is 1. The van der Waals surface area contributed by atoms with Crippen molar-refractivity contribution in [3.63, 3.8) is 0 Å².